The van der Waals surface area contributed by atoms with Gasteiger partial charge in [-0.1, -0.05) is 0 Å². The largest absolute Gasteiger partial charge is 0.725 e. The van der Waals surface area contributed by atoms with Crippen molar-refractivity contribution in [3.8, 4) is 0 Å². The van der Waals surface area contributed by atoms with Gasteiger partial charge in [-0.15, -0.1) is 0 Å². The Bertz CT molecular complexity index is 104. The molecule has 8 heteroatoms. The highest BCUT2D eigenvalue weighted by Crippen LogP contribution is 1.99. The van der Waals surface area contributed by atoms with Crippen LogP contribution in [0.3, 0.4) is 0 Å². The Morgan fingerprint density at radius 3 is 2.50 bits per heavy atom. The third kappa shape index (κ3) is 3.97. The summed E-state index contributed by atoms with van der Waals surface area (Å²) >= 11 is 0. The maximum Gasteiger partial charge on any atom is 0.725 e. The number of rotatable bonds is 4. The Kier molecular flexibility index (Phi) is 5.20. The molecule has 0 aromatic carbocycles. The van der Waals surface area contributed by atoms with Crippen LogP contribution in [0.25, 0.3) is 0 Å². The van der Waals surface area contributed by atoms with Gasteiger partial charge in [-0.05, 0) is 0 Å². The van der Waals surface area contributed by atoms with Gasteiger partial charge in [0, 0.05) is 0 Å². The third-order valence-corrected chi connectivity index (χ3v) is 0.856. The topological polar surface area (TPSA) is 75.3 Å². The number of hydrogen-bond acceptors (Lipinski definition) is 6. The van der Waals surface area contributed by atoms with E-state index in [1.807, 2.05) is 0 Å². The van der Waals surface area contributed by atoms with Gasteiger partial charge < -0.3 is 0 Å². The van der Waals surface area contributed by atoms with Crippen molar-refractivity contribution >= 4 is 7.32 Å². The molecule has 69 valence electrons. The zero-order chi connectivity index (χ0) is 8.65. The van der Waals surface area contributed by atoms with Crippen LogP contribution in [-0.2, 0) is 34.2 Å². The Balaban J connectivity index is 2.04. The fourth-order valence-electron chi connectivity index (χ4n) is 0.461. The minimum absolute atomic E-state index is 0.0940. The molecule has 0 aliphatic carbocycles. The Labute approximate surface area is 69.0 Å². The van der Waals surface area contributed by atoms with E-state index in [9.17, 15) is 5.11 Å². The van der Waals surface area contributed by atoms with Gasteiger partial charge in [-0.3, -0.25) is 0 Å². The molecular formula is C4H8BO7. The second-order valence-corrected chi connectivity index (χ2v) is 1.75. The van der Waals surface area contributed by atoms with Crippen molar-refractivity contribution in [1.29, 1.82) is 0 Å². The van der Waals surface area contributed by atoms with E-state index in [4.69, 9.17) is 0 Å². The monoisotopic (exact) mass is 179 g/mol. The molecule has 7 nitrogen and oxygen atoms in total. The molecule has 1 rings (SSSR count). The van der Waals surface area contributed by atoms with Crippen LogP contribution in [0.1, 0.15) is 0 Å². The highest BCUT2D eigenvalue weighted by atomic mass is 17.4. The quantitative estimate of drug-likeness (QED) is 0.245. The second kappa shape index (κ2) is 6.32. The average molecular weight is 179 g/mol. The number of hydrogen-bond donors (Lipinski definition) is 0. The summed E-state index contributed by atoms with van der Waals surface area (Å²) in [6, 6.07) is 0. The summed E-state index contributed by atoms with van der Waals surface area (Å²) in [7, 11) is -1.21. The average Bonchev–Trinajstić information content (AvgIpc) is 2.33. The van der Waals surface area contributed by atoms with Crippen molar-refractivity contribution in [1.82, 2.24) is 0 Å². The lowest BCUT2D eigenvalue weighted by molar-refractivity contribution is -0.318. The minimum Gasteiger partial charge on any atom is -0.245 e. The summed E-state index contributed by atoms with van der Waals surface area (Å²) in [5, 5.41) is 9.89. The van der Waals surface area contributed by atoms with Gasteiger partial charge in [0.2, 0.25) is 0 Å². The van der Waals surface area contributed by atoms with Gasteiger partial charge in [0.25, 0.3) is 0 Å². The first-order valence-electron chi connectivity index (χ1n) is 3.36. The first-order chi connectivity index (χ1) is 5.93. The normalized spacial score (nSPS) is 19.2. The molecule has 1 heterocycles. The lowest BCUT2D eigenvalue weighted by atomic mass is 10.3. The van der Waals surface area contributed by atoms with Crippen molar-refractivity contribution in [2.75, 3.05) is 26.4 Å². The standard InChI is InChI=1S/C4H8BO7/c6-1-2-7-10-5-11-8-3-4-9-12-5/h1-4H2. The molecule has 0 bridgehead atoms. The van der Waals surface area contributed by atoms with Crippen molar-refractivity contribution < 1.29 is 34.2 Å². The first-order valence-corrected chi connectivity index (χ1v) is 3.36. The van der Waals surface area contributed by atoms with Crippen LogP contribution in [0.5, 0.6) is 0 Å². The fourth-order valence-corrected chi connectivity index (χ4v) is 0.461. The predicted octanol–water partition coefficient (Wildman–Crippen LogP) is -0.740. The SMILES string of the molecule is [O]CCOOB1OOCCOO1. The molecule has 1 fully saturated rings. The summed E-state index contributed by atoms with van der Waals surface area (Å²) in [6.07, 6.45) is 0. The van der Waals surface area contributed by atoms with E-state index in [-0.39, 0.29) is 19.8 Å². The van der Waals surface area contributed by atoms with Gasteiger partial charge in [-0.25, -0.2) is 34.2 Å². The maximum atomic E-state index is 9.89. The molecule has 1 aliphatic rings. The zero-order valence-electron chi connectivity index (χ0n) is 6.26. The van der Waals surface area contributed by atoms with Gasteiger partial charge in [0.15, 0.2) is 0 Å². The van der Waals surface area contributed by atoms with Gasteiger partial charge in [0.05, 0.1) is 0 Å². The predicted molar refractivity (Wildman–Crippen MR) is 32.4 cm³/mol. The molecule has 12 heavy (non-hydrogen) atoms. The van der Waals surface area contributed by atoms with Crippen LogP contribution in [0.4, 0.5) is 0 Å². The highest BCUT2D eigenvalue weighted by molar-refractivity contribution is 6.35. The van der Waals surface area contributed by atoms with Crippen molar-refractivity contribution in [2.24, 2.45) is 0 Å². The first kappa shape index (κ1) is 9.87. The molecule has 0 N–H and O–H groups in total. The second-order valence-electron chi connectivity index (χ2n) is 1.75. The molecule has 0 aromatic heterocycles. The van der Waals surface area contributed by atoms with Crippen LogP contribution in [0.15, 0.2) is 0 Å². The lowest BCUT2D eigenvalue weighted by Gasteiger charge is -2.05. The van der Waals surface area contributed by atoms with E-state index in [1.165, 1.54) is 0 Å². The summed E-state index contributed by atoms with van der Waals surface area (Å²) in [5.74, 6) is 0. The Morgan fingerprint density at radius 1 is 1.25 bits per heavy atom. The van der Waals surface area contributed by atoms with Gasteiger partial charge in [-0.2, -0.15) is 0 Å². The molecule has 0 saturated carbocycles. The van der Waals surface area contributed by atoms with Crippen molar-refractivity contribution in [3.63, 3.8) is 0 Å². The molecule has 1 saturated heterocycles. The summed E-state index contributed by atoms with van der Waals surface area (Å²) in [4.78, 5) is 26.7. The van der Waals surface area contributed by atoms with Crippen molar-refractivity contribution in [2.45, 2.75) is 0 Å². The van der Waals surface area contributed by atoms with Crippen LogP contribution in [-0.4, -0.2) is 33.7 Å². The van der Waals surface area contributed by atoms with Crippen LogP contribution >= 0.6 is 0 Å². The van der Waals surface area contributed by atoms with Crippen molar-refractivity contribution in [3.05, 3.63) is 0 Å². The molecule has 0 amide bonds. The maximum absolute atomic E-state index is 9.89. The zero-order valence-corrected chi connectivity index (χ0v) is 6.26. The lowest BCUT2D eigenvalue weighted by Crippen LogP contribution is -2.25. The molecule has 0 spiro atoms. The summed E-state index contributed by atoms with van der Waals surface area (Å²) < 4.78 is 0. The van der Waals surface area contributed by atoms with Crippen LogP contribution in [0, 0.1) is 0 Å². The molecule has 1 aliphatic heterocycles. The Morgan fingerprint density at radius 2 is 1.92 bits per heavy atom. The van der Waals surface area contributed by atoms with Gasteiger partial charge >= 0.3 is 7.32 Å². The van der Waals surface area contributed by atoms with E-state index >= 15 is 0 Å². The summed E-state index contributed by atoms with van der Waals surface area (Å²) in [6.45, 7) is -0.0273. The van der Waals surface area contributed by atoms with E-state index in [0.717, 1.165) is 0 Å². The van der Waals surface area contributed by atoms with Gasteiger partial charge in [0.1, 0.15) is 26.4 Å². The van der Waals surface area contributed by atoms with E-state index in [0.29, 0.717) is 0 Å². The summed E-state index contributed by atoms with van der Waals surface area (Å²) in [5.41, 5.74) is 0. The minimum atomic E-state index is -1.21. The van der Waals surface area contributed by atoms with E-state index in [2.05, 4.69) is 29.1 Å². The highest BCUT2D eigenvalue weighted by Gasteiger charge is 2.28. The van der Waals surface area contributed by atoms with Crippen LogP contribution in [0.2, 0.25) is 0 Å². The fraction of sp³-hybridized carbons (Fsp3) is 1.00. The third-order valence-electron chi connectivity index (χ3n) is 0.856. The van der Waals surface area contributed by atoms with E-state index in [1.54, 1.807) is 0 Å². The molecule has 0 atom stereocenters. The molecular weight excluding hydrogens is 171 g/mol. The molecule has 1 radical (unpaired) electrons. The van der Waals surface area contributed by atoms with Crippen LogP contribution < -0.4 is 0 Å². The molecule has 0 unspecified atom stereocenters. The Hall–Kier alpha value is -0.215. The van der Waals surface area contributed by atoms with E-state index < -0.39 is 13.9 Å². The smallest absolute Gasteiger partial charge is 0.245 e. The molecule has 0 aromatic rings.